The van der Waals surface area contributed by atoms with Gasteiger partial charge in [0.1, 0.15) is 5.75 Å². The van der Waals surface area contributed by atoms with Crippen molar-refractivity contribution in [1.29, 1.82) is 0 Å². The molecule has 0 aliphatic carbocycles. The van der Waals surface area contributed by atoms with Gasteiger partial charge in [-0.15, -0.1) is 0 Å². The summed E-state index contributed by atoms with van der Waals surface area (Å²) in [6.45, 7) is 3.24. The zero-order valence-corrected chi connectivity index (χ0v) is 8.86. The van der Waals surface area contributed by atoms with E-state index in [1.54, 1.807) is 0 Å². The van der Waals surface area contributed by atoms with Crippen LogP contribution in [0.2, 0.25) is 0 Å². The van der Waals surface area contributed by atoms with Gasteiger partial charge in [0.15, 0.2) is 0 Å². The maximum atomic E-state index is 5.70. The van der Waals surface area contributed by atoms with E-state index in [1.807, 2.05) is 19.1 Å². The van der Waals surface area contributed by atoms with Gasteiger partial charge in [-0.3, -0.25) is 0 Å². The number of nitrogens with two attached hydrogens (primary N) is 1. The lowest BCUT2D eigenvalue weighted by Gasteiger charge is -2.07. The molecule has 0 aliphatic heterocycles. The Morgan fingerprint density at radius 1 is 1.20 bits per heavy atom. The molecule has 0 saturated carbocycles. The van der Waals surface area contributed by atoms with Crippen LogP contribution in [0.1, 0.15) is 12.5 Å². The van der Waals surface area contributed by atoms with Crippen LogP contribution in [0.4, 0.5) is 0 Å². The van der Waals surface area contributed by atoms with Gasteiger partial charge < -0.3 is 10.5 Å². The van der Waals surface area contributed by atoms with Crippen molar-refractivity contribution < 1.29 is 4.74 Å². The first kappa shape index (κ1) is 9.99. The highest BCUT2D eigenvalue weighted by atomic mass is 16.5. The minimum Gasteiger partial charge on any atom is -0.494 e. The fourth-order valence-electron chi connectivity index (χ4n) is 1.75. The van der Waals surface area contributed by atoms with Crippen molar-refractivity contribution >= 4 is 10.8 Å². The van der Waals surface area contributed by atoms with Crippen molar-refractivity contribution in [1.82, 2.24) is 0 Å². The third-order valence-corrected chi connectivity index (χ3v) is 2.47. The molecule has 2 rings (SSSR count). The lowest BCUT2D eigenvalue weighted by molar-refractivity contribution is 0.340. The second kappa shape index (κ2) is 4.32. The van der Waals surface area contributed by atoms with E-state index >= 15 is 0 Å². The molecule has 2 aromatic rings. The standard InChI is InChI=1S/C13H15NO/c1-2-15-12-7-6-10-4-3-5-11(9-14)13(10)8-12/h3-8H,2,9,14H2,1H3. The molecule has 0 bridgehead atoms. The third kappa shape index (κ3) is 1.95. The molecule has 0 amide bonds. The first-order chi connectivity index (χ1) is 7.35. The minimum absolute atomic E-state index is 0.562. The summed E-state index contributed by atoms with van der Waals surface area (Å²) >= 11 is 0. The monoisotopic (exact) mass is 201 g/mol. The molecule has 2 N–H and O–H groups in total. The molecule has 2 nitrogen and oxygen atoms in total. The zero-order valence-electron chi connectivity index (χ0n) is 8.86. The van der Waals surface area contributed by atoms with E-state index in [-0.39, 0.29) is 0 Å². The molecule has 0 unspecified atom stereocenters. The predicted molar refractivity (Wildman–Crippen MR) is 63.0 cm³/mol. The van der Waals surface area contributed by atoms with Crippen LogP contribution >= 0.6 is 0 Å². The quantitative estimate of drug-likeness (QED) is 0.828. The highest BCUT2D eigenvalue weighted by Crippen LogP contribution is 2.23. The molecule has 2 heteroatoms. The summed E-state index contributed by atoms with van der Waals surface area (Å²) in [4.78, 5) is 0. The van der Waals surface area contributed by atoms with Gasteiger partial charge in [0.25, 0.3) is 0 Å². The Morgan fingerprint density at radius 2 is 2.07 bits per heavy atom. The first-order valence-electron chi connectivity index (χ1n) is 5.19. The fourth-order valence-corrected chi connectivity index (χ4v) is 1.75. The maximum absolute atomic E-state index is 5.70. The molecule has 0 heterocycles. The largest absolute Gasteiger partial charge is 0.494 e. The summed E-state index contributed by atoms with van der Waals surface area (Å²) in [6, 6.07) is 12.3. The number of hydrogen-bond donors (Lipinski definition) is 1. The Hall–Kier alpha value is -1.54. The van der Waals surface area contributed by atoms with E-state index in [0.29, 0.717) is 13.2 Å². The van der Waals surface area contributed by atoms with Crippen LogP contribution in [0.15, 0.2) is 36.4 Å². The molecular formula is C13H15NO. The molecule has 0 saturated heterocycles. The first-order valence-corrected chi connectivity index (χ1v) is 5.19. The van der Waals surface area contributed by atoms with E-state index in [2.05, 4.69) is 24.3 Å². The molecule has 15 heavy (non-hydrogen) atoms. The van der Waals surface area contributed by atoms with Crippen LogP contribution in [0, 0.1) is 0 Å². The SMILES string of the molecule is CCOc1ccc2cccc(CN)c2c1. The Balaban J connectivity index is 2.57. The van der Waals surface area contributed by atoms with E-state index in [4.69, 9.17) is 10.5 Å². The second-order valence-corrected chi connectivity index (χ2v) is 3.44. The fraction of sp³-hybridized carbons (Fsp3) is 0.231. The molecule has 78 valence electrons. The third-order valence-electron chi connectivity index (χ3n) is 2.47. The van der Waals surface area contributed by atoms with Crippen molar-refractivity contribution in [2.24, 2.45) is 5.73 Å². The number of rotatable bonds is 3. The molecule has 0 fully saturated rings. The molecule has 0 aromatic heterocycles. The summed E-state index contributed by atoms with van der Waals surface area (Å²) in [6.07, 6.45) is 0. The van der Waals surface area contributed by atoms with Crippen LogP contribution in [0.25, 0.3) is 10.8 Å². The van der Waals surface area contributed by atoms with Gasteiger partial charge in [-0.1, -0.05) is 24.3 Å². The van der Waals surface area contributed by atoms with Crippen LogP contribution < -0.4 is 10.5 Å². The van der Waals surface area contributed by atoms with Crippen molar-refractivity contribution in [3.05, 3.63) is 42.0 Å². The van der Waals surface area contributed by atoms with E-state index in [9.17, 15) is 0 Å². The average Bonchev–Trinajstić information content (AvgIpc) is 2.28. The number of hydrogen-bond acceptors (Lipinski definition) is 2. The summed E-state index contributed by atoms with van der Waals surface area (Å²) in [5, 5.41) is 2.40. The van der Waals surface area contributed by atoms with Gasteiger partial charge in [0.05, 0.1) is 6.61 Å². The molecular weight excluding hydrogens is 186 g/mol. The number of ether oxygens (including phenoxy) is 1. The molecule has 0 spiro atoms. The number of benzene rings is 2. The van der Waals surface area contributed by atoms with Crippen molar-refractivity contribution in [3.63, 3.8) is 0 Å². The van der Waals surface area contributed by atoms with Gasteiger partial charge in [0, 0.05) is 6.54 Å². The molecule has 0 atom stereocenters. The van der Waals surface area contributed by atoms with E-state index in [0.717, 1.165) is 11.3 Å². The van der Waals surface area contributed by atoms with Crippen molar-refractivity contribution in [3.8, 4) is 5.75 Å². The van der Waals surface area contributed by atoms with Crippen LogP contribution in [-0.2, 0) is 6.54 Å². The molecule has 0 radical (unpaired) electrons. The predicted octanol–water partition coefficient (Wildman–Crippen LogP) is 2.70. The van der Waals surface area contributed by atoms with Crippen molar-refractivity contribution in [2.75, 3.05) is 6.61 Å². The molecule has 2 aromatic carbocycles. The van der Waals surface area contributed by atoms with Crippen LogP contribution in [0.5, 0.6) is 5.75 Å². The van der Waals surface area contributed by atoms with E-state index < -0.39 is 0 Å². The Morgan fingerprint density at radius 3 is 2.80 bits per heavy atom. The Bertz CT molecular complexity index is 465. The second-order valence-electron chi connectivity index (χ2n) is 3.44. The van der Waals surface area contributed by atoms with Gasteiger partial charge >= 0.3 is 0 Å². The highest BCUT2D eigenvalue weighted by Gasteiger charge is 2.00. The summed E-state index contributed by atoms with van der Waals surface area (Å²) in [5.74, 6) is 0.908. The topological polar surface area (TPSA) is 35.2 Å². The lowest BCUT2D eigenvalue weighted by Crippen LogP contribution is -1.97. The number of fused-ring (bicyclic) bond motifs is 1. The zero-order chi connectivity index (χ0) is 10.7. The minimum atomic E-state index is 0.562. The van der Waals surface area contributed by atoms with Gasteiger partial charge in [-0.2, -0.15) is 0 Å². The van der Waals surface area contributed by atoms with E-state index in [1.165, 1.54) is 10.8 Å². The van der Waals surface area contributed by atoms with Crippen LogP contribution in [0.3, 0.4) is 0 Å². The highest BCUT2D eigenvalue weighted by molar-refractivity contribution is 5.87. The average molecular weight is 201 g/mol. The lowest BCUT2D eigenvalue weighted by atomic mass is 10.0. The Kier molecular flexibility index (Phi) is 2.88. The van der Waals surface area contributed by atoms with Gasteiger partial charge in [-0.05, 0) is 35.4 Å². The summed E-state index contributed by atoms with van der Waals surface area (Å²) < 4.78 is 5.47. The van der Waals surface area contributed by atoms with Gasteiger partial charge in [0.2, 0.25) is 0 Å². The smallest absolute Gasteiger partial charge is 0.119 e. The summed E-state index contributed by atoms with van der Waals surface area (Å²) in [5.41, 5.74) is 6.86. The Labute approximate surface area is 89.7 Å². The van der Waals surface area contributed by atoms with Crippen molar-refractivity contribution in [2.45, 2.75) is 13.5 Å². The molecule has 0 aliphatic rings. The maximum Gasteiger partial charge on any atom is 0.119 e. The van der Waals surface area contributed by atoms with Gasteiger partial charge in [-0.25, -0.2) is 0 Å². The normalized spacial score (nSPS) is 10.5. The summed E-state index contributed by atoms with van der Waals surface area (Å²) in [7, 11) is 0. The van der Waals surface area contributed by atoms with Crippen LogP contribution in [-0.4, -0.2) is 6.61 Å².